The average Bonchev–Trinajstić information content (AvgIpc) is 2.14. The van der Waals surface area contributed by atoms with Crippen LogP contribution in [0.15, 0.2) is 17.9 Å². The Hall–Kier alpha value is -0.990. The average molecular weight is 112 g/mol. The Morgan fingerprint density at radius 1 is 2.00 bits per heavy atom. The van der Waals surface area contributed by atoms with Crippen LogP contribution in [0.3, 0.4) is 0 Å². The predicted octanol–water partition coefficient (Wildman–Crippen LogP) is 0.753. The summed E-state index contributed by atoms with van der Waals surface area (Å²) in [6.07, 6.45) is 1.69. The first kappa shape index (κ1) is 5.15. The summed E-state index contributed by atoms with van der Waals surface area (Å²) in [5.41, 5.74) is 0. The number of hydrogen-bond donors (Lipinski definition) is 0. The summed E-state index contributed by atoms with van der Waals surface area (Å²) in [5.74, 6) is 0.861. The minimum Gasteiger partial charge on any atom is -0.372 e. The Morgan fingerprint density at radius 2 is 2.75 bits per heavy atom. The highest BCUT2D eigenvalue weighted by molar-refractivity contribution is 5.80. The largest absolute Gasteiger partial charge is 0.372 e. The smallest absolute Gasteiger partial charge is 0.194 e. The maximum atomic E-state index is 4.70. The van der Waals surface area contributed by atoms with Gasteiger partial charge in [-0.25, -0.2) is 0 Å². The van der Waals surface area contributed by atoms with E-state index < -0.39 is 0 Å². The fourth-order valence-corrected chi connectivity index (χ4v) is 0.515. The Kier molecular flexibility index (Phi) is 1.20. The van der Waals surface area contributed by atoms with E-state index in [9.17, 15) is 0 Å². The summed E-state index contributed by atoms with van der Waals surface area (Å²) in [6.45, 7) is 5.94. The van der Waals surface area contributed by atoms with E-state index in [4.69, 9.17) is 4.84 Å². The summed E-state index contributed by atoms with van der Waals surface area (Å²) in [7, 11) is 0. The van der Waals surface area contributed by atoms with Crippen LogP contribution < -0.4 is 0 Å². The van der Waals surface area contributed by atoms with Crippen molar-refractivity contribution in [2.75, 3.05) is 6.73 Å². The molecule has 8 heavy (non-hydrogen) atoms. The lowest BCUT2D eigenvalue weighted by atomic mass is 10.6. The molecule has 1 aliphatic heterocycles. The molecule has 0 radical (unpaired) electrons. The maximum Gasteiger partial charge on any atom is 0.194 e. The third-order valence-electron chi connectivity index (χ3n) is 1.03. The highest BCUT2D eigenvalue weighted by Crippen LogP contribution is 2.00. The van der Waals surface area contributed by atoms with Gasteiger partial charge in [-0.2, -0.15) is 0 Å². The second-order valence-corrected chi connectivity index (χ2v) is 1.55. The van der Waals surface area contributed by atoms with Crippen molar-refractivity contribution in [2.45, 2.75) is 6.92 Å². The lowest BCUT2D eigenvalue weighted by Crippen LogP contribution is -2.17. The summed E-state index contributed by atoms with van der Waals surface area (Å²) in [4.78, 5) is 6.52. The van der Waals surface area contributed by atoms with Crippen molar-refractivity contribution in [3.05, 3.63) is 12.8 Å². The van der Waals surface area contributed by atoms with Crippen molar-refractivity contribution in [1.29, 1.82) is 0 Å². The molecule has 0 spiro atoms. The number of hydrogen-bond acceptors (Lipinski definition) is 3. The molecule has 0 unspecified atom stereocenters. The van der Waals surface area contributed by atoms with Crippen molar-refractivity contribution in [2.24, 2.45) is 5.16 Å². The fraction of sp³-hybridized carbons (Fsp3) is 0.400. The molecule has 0 atom stereocenters. The molecule has 0 saturated heterocycles. The topological polar surface area (TPSA) is 24.8 Å². The second kappa shape index (κ2) is 1.86. The van der Waals surface area contributed by atoms with Gasteiger partial charge in [0.05, 0.1) is 0 Å². The van der Waals surface area contributed by atoms with E-state index in [1.165, 1.54) is 0 Å². The van der Waals surface area contributed by atoms with Crippen LogP contribution in [0.5, 0.6) is 0 Å². The van der Waals surface area contributed by atoms with Crippen LogP contribution in [0, 0.1) is 0 Å². The van der Waals surface area contributed by atoms with Crippen molar-refractivity contribution < 1.29 is 4.84 Å². The van der Waals surface area contributed by atoms with Crippen molar-refractivity contribution >= 4 is 5.84 Å². The quantitative estimate of drug-likeness (QED) is 0.500. The Morgan fingerprint density at radius 3 is 3.00 bits per heavy atom. The molecule has 0 aliphatic carbocycles. The van der Waals surface area contributed by atoms with Crippen LogP contribution in [0.2, 0.25) is 0 Å². The highest BCUT2D eigenvalue weighted by Gasteiger charge is 2.08. The van der Waals surface area contributed by atoms with E-state index in [-0.39, 0.29) is 0 Å². The Labute approximate surface area is 48.2 Å². The van der Waals surface area contributed by atoms with Crippen LogP contribution in [0.25, 0.3) is 0 Å². The molecule has 0 bridgehead atoms. The third kappa shape index (κ3) is 0.665. The SMILES string of the molecule is C=CN1CON=C1C. The molecule has 3 heteroatoms. The number of oxime groups is 1. The minimum absolute atomic E-state index is 0.509. The Bertz CT molecular complexity index is 130. The molecule has 0 fully saturated rings. The molecule has 1 rings (SSSR count). The maximum absolute atomic E-state index is 4.70. The van der Waals surface area contributed by atoms with Gasteiger partial charge in [-0.1, -0.05) is 11.7 Å². The van der Waals surface area contributed by atoms with Crippen LogP contribution >= 0.6 is 0 Å². The number of rotatable bonds is 1. The zero-order valence-electron chi connectivity index (χ0n) is 4.79. The summed E-state index contributed by atoms with van der Waals surface area (Å²) in [6, 6.07) is 0. The Balaban J connectivity index is 2.58. The van der Waals surface area contributed by atoms with Crippen LogP contribution in [-0.4, -0.2) is 17.5 Å². The summed E-state index contributed by atoms with van der Waals surface area (Å²) in [5, 5.41) is 3.66. The molecule has 1 aliphatic rings. The van der Waals surface area contributed by atoms with Gasteiger partial charge in [0.1, 0.15) is 5.84 Å². The zero-order valence-corrected chi connectivity index (χ0v) is 4.79. The molecular formula is C5H8N2O. The monoisotopic (exact) mass is 112 g/mol. The number of nitrogens with zero attached hydrogens (tertiary/aromatic N) is 2. The second-order valence-electron chi connectivity index (χ2n) is 1.55. The van der Waals surface area contributed by atoms with E-state index in [2.05, 4.69) is 11.7 Å². The van der Waals surface area contributed by atoms with Crippen molar-refractivity contribution in [1.82, 2.24) is 4.90 Å². The van der Waals surface area contributed by atoms with Gasteiger partial charge in [0.15, 0.2) is 6.73 Å². The lowest BCUT2D eigenvalue weighted by molar-refractivity contribution is 0.127. The first-order chi connectivity index (χ1) is 3.84. The standard InChI is InChI=1S/C5H8N2O/c1-3-7-4-8-6-5(7)2/h3H,1,4H2,2H3. The van der Waals surface area contributed by atoms with E-state index >= 15 is 0 Å². The predicted molar refractivity (Wildman–Crippen MR) is 31.1 cm³/mol. The van der Waals surface area contributed by atoms with E-state index in [0.717, 1.165) is 5.84 Å². The van der Waals surface area contributed by atoms with Gasteiger partial charge in [-0.05, 0) is 6.92 Å². The van der Waals surface area contributed by atoms with Gasteiger partial charge < -0.3 is 4.84 Å². The fourth-order valence-electron chi connectivity index (χ4n) is 0.515. The van der Waals surface area contributed by atoms with Gasteiger partial charge in [-0.15, -0.1) is 0 Å². The molecule has 3 nitrogen and oxygen atoms in total. The lowest BCUT2D eigenvalue weighted by Gasteiger charge is -2.05. The van der Waals surface area contributed by atoms with Crippen LogP contribution in [0.1, 0.15) is 6.92 Å². The molecule has 44 valence electrons. The van der Waals surface area contributed by atoms with Crippen molar-refractivity contribution in [3.63, 3.8) is 0 Å². The molecule has 0 saturated carbocycles. The molecule has 0 aromatic rings. The molecule has 0 aromatic heterocycles. The van der Waals surface area contributed by atoms with Gasteiger partial charge >= 0.3 is 0 Å². The molecule has 0 aromatic carbocycles. The highest BCUT2D eigenvalue weighted by atomic mass is 16.7. The third-order valence-corrected chi connectivity index (χ3v) is 1.03. The molecule has 1 heterocycles. The first-order valence-corrected chi connectivity index (χ1v) is 2.40. The van der Waals surface area contributed by atoms with E-state index in [1.807, 2.05) is 11.8 Å². The van der Waals surface area contributed by atoms with E-state index in [1.54, 1.807) is 6.20 Å². The molecule has 0 amide bonds. The first-order valence-electron chi connectivity index (χ1n) is 2.40. The zero-order chi connectivity index (χ0) is 5.98. The van der Waals surface area contributed by atoms with Crippen LogP contribution in [0.4, 0.5) is 0 Å². The normalized spacial score (nSPS) is 17.6. The van der Waals surface area contributed by atoms with Crippen LogP contribution in [-0.2, 0) is 4.84 Å². The van der Waals surface area contributed by atoms with Gasteiger partial charge in [0, 0.05) is 6.20 Å². The van der Waals surface area contributed by atoms with Gasteiger partial charge in [0.2, 0.25) is 0 Å². The summed E-state index contributed by atoms with van der Waals surface area (Å²) < 4.78 is 0. The van der Waals surface area contributed by atoms with Gasteiger partial charge in [0.25, 0.3) is 0 Å². The van der Waals surface area contributed by atoms with E-state index in [0.29, 0.717) is 6.73 Å². The van der Waals surface area contributed by atoms with Gasteiger partial charge in [-0.3, -0.25) is 4.90 Å². The molecule has 0 N–H and O–H groups in total. The minimum atomic E-state index is 0.509. The van der Waals surface area contributed by atoms with Crippen molar-refractivity contribution in [3.8, 4) is 0 Å². The summed E-state index contributed by atoms with van der Waals surface area (Å²) >= 11 is 0. The number of amidine groups is 1. The molecular weight excluding hydrogens is 104 g/mol.